The van der Waals surface area contributed by atoms with Gasteiger partial charge in [-0.05, 0) is 18.9 Å². The van der Waals surface area contributed by atoms with Crippen LogP contribution in [0.4, 0.5) is 0 Å². The van der Waals surface area contributed by atoms with E-state index in [0.29, 0.717) is 6.04 Å². The average Bonchev–Trinajstić information content (AvgIpc) is 3.19. The molecule has 2 aliphatic rings. The fourth-order valence-corrected chi connectivity index (χ4v) is 2.64. The lowest BCUT2D eigenvalue weighted by molar-refractivity contribution is 0.0202. The van der Waals surface area contributed by atoms with Gasteiger partial charge in [-0.1, -0.05) is 0 Å². The Labute approximate surface area is 105 Å². The van der Waals surface area contributed by atoms with Crippen LogP contribution in [0, 0.1) is 0 Å². The number of rotatable bonds is 2. The van der Waals surface area contributed by atoms with E-state index in [0.717, 1.165) is 31.0 Å². The molecule has 1 N–H and O–H groups in total. The Morgan fingerprint density at radius 2 is 2.33 bits per heavy atom. The molecule has 2 fully saturated rings. The van der Waals surface area contributed by atoms with Gasteiger partial charge in [0.2, 0.25) is 0 Å². The van der Waals surface area contributed by atoms with Crippen molar-refractivity contribution < 1.29 is 4.74 Å². The minimum atomic E-state index is 0.0757. The Hall–Kier alpha value is -1.46. The fourth-order valence-electron chi connectivity index (χ4n) is 2.64. The van der Waals surface area contributed by atoms with E-state index in [2.05, 4.69) is 20.9 Å². The van der Waals surface area contributed by atoms with Crippen molar-refractivity contribution in [2.75, 3.05) is 19.7 Å². The molecule has 3 heterocycles. The van der Waals surface area contributed by atoms with Crippen molar-refractivity contribution in [3.05, 3.63) is 24.3 Å². The highest BCUT2D eigenvalue weighted by atomic mass is 16.5. The van der Waals surface area contributed by atoms with E-state index in [9.17, 15) is 0 Å². The van der Waals surface area contributed by atoms with Crippen molar-refractivity contribution in [1.29, 1.82) is 0 Å². The molecule has 94 valence electrons. The zero-order valence-corrected chi connectivity index (χ0v) is 10.2. The van der Waals surface area contributed by atoms with Crippen LogP contribution in [-0.4, -0.2) is 34.2 Å². The monoisotopic (exact) mass is 244 g/mol. The summed E-state index contributed by atoms with van der Waals surface area (Å²) in [7, 11) is 0. The van der Waals surface area contributed by atoms with Crippen LogP contribution in [0.3, 0.4) is 0 Å². The molecule has 1 aliphatic carbocycles. The van der Waals surface area contributed by atoms with Gasteiger partial charge in [-0.3, -0.25) is 4.98 Å². The Kier molecular flexibility index (Phi) is 2.34. The first-order chi connectivity index (χ1) is 8.93. The Morgan fingerprint density at radius 3 is 3.11 bits per heavy atom. The summed E-state index contributed by atoms with van der Waals surface area (Å²) in [5, 5.41) is 3.37. The summed E-state index contributed by atoms with van der Waals surface area (Å²) in [4.78, 5) is 8.89. The average molecular weight is 244 g/mol. The third kappa shape index (κ3) is 1.62. The van der Waals surface area contributed by atoms with Gasteiger partial charge in [-0.25, -0.2) is 4.98 Å². The number of aromatic nitrogens is 3. The quantitative estimate of drug-likeness (QED) is 0.868. The van der Waals surface area contributed by atoms with Gasteiger partial charge < -0.3 is 14.6 Å². The van der Waals surface area contributed by atoms with Gasteiger partial charge >= 0.3 is 0 Å². The maximum Gasteiger partial charge on any atom is 0.140 e. The van der Waals surface area contributed by atoms with Gasteiger partial charge in [0.25, 0.3) is 0 Å². The molecule has 1 atom stereocenters. The molecule has 2 aromatic heterocycles. The number of ether oxygens (including phenoxy) is 1. The van der Waals surface area contributed by atoms with Gasteiger partial charge in [0.15, 0.2) is 0 Å². The molecule has 4 rings (SSSR count). The molecule has 1 saturated carbocycles. The number of nitrogens with one attached hydrogen (secondary N) is 1. The van der Waals surface area contributed by atoms with Crippen molar-refractivity contribution in [2.45, 2.75) is 25.0 Å². The first kappa shape index (κ1) is 10.5. The van der Waals surface area contributed by atoms with Gasteiger partial charge in [0.05, 0.1) is 18.3 Å². The number of fused-ring (bicyclic) bond motifs is 1. The smallest absolute Gasteiger partial charge is 0.140 e. The standard InChI is InChI=1S/C13H16N4O/c1-2-9(1)17-11-3-4-14-7-10(11)16-13(17)12-8-15-5-6-18-12/h3-4,7,9,12,15H,1-2,5-6,8H2. The minimum absolute atomic E-state index is 0.0757. The highest BCUT2D eigenvalue weighted by molar-refractivity contribution is 5.75. The van der Waals surface area contributed by atoms with Crippen molar-refractivity contribution in [1.82, 2.24) is 19.9 Å². The molecule has 0 radical (unpaired) electrons. The topological polar surface area (TPSA) is 52.0 Å². The molecule has 1 unspecified atom stereocenters. The van der Waals surface area contributed by atoms with Crippen molar-refractivity contribution in [3.63, 3.8) is 0 Å². The largest absolute Gasteiger partial charge is 0.368 e. The Bertz CT molecular complexity index is 569. The van der Waals surface area contributed by atoms with E-state index >= 15 is 0 Å². The summed E-state index contributed by atoms with van der Waals surface area (Å²) in [6.07, 6.45) is 6.26. The minimum Gasteiger partial charge on any atom is -0.368 e. The van der Waals surface area contributed by atoms with Gasteiger partial charge in [0.1, 0.15) is 17.4 Å². The van der Waals surface area contributed by atoms with Crippen LogP contribution in [0.25, 0.3) is 11.0 Å². The number of morpholine rings is 1. The molecule has 5 nitrogen and oxygen atoms in total. The van der Waals surface area contributed by atoms with Crippen LogP contribution in [0.5, 0.6) is 0 Å². The maximum atomic E-state index is 5.85. The lowest BCUT2D eigenvalue weighted by Crippen LogP contribution is -2.34. The molecule has 5 heteroatoms. The van der Waals surface area contributed by atoms with E-state index in [1.165, 1.54) is 18.4 Å². The number of pyridine rings is 1. The molecule has 2 aromatic rings. The third-order valence-corrected chi connectivity index (χ3v) is 3.65. The molecule has 0 amide bonds. The second-order valence-electron chi connectivity index (χ2n) is 5.00. The predicted molar refractivity (Wildman–Crippen MR) is 67.4 cm³/mol. The summed E-state index contributed by atoms with van der Waals surface area (Å²) < 4.78 is 8.20. The molecule has 18 heavy (non-hydrogen) atoms. The zero-order chi connectivity index (χ0) is 11.9. The first-order valence-corrected chi connectivity index (χ1v) is 6.57. The number of hydrogen-bond acceptors (Lipinski definition) is 4. The van der Waals surface area contributed by atoms with Crippen LogP contribution in [-0.2, 0) is 4.74 Å². The second-order valence-corrected chi connectivity index (χ2v) is 5.00. The van der Waals surface area contributed by atoms with Crippen molar-refractivity contribution in [3.8, 4) is 0 Å². The molecular formula is C13H16N4O. The molecule has 0 spiro atoms. The lowest BCUT2D eigenvalue weighted by Gasteiger charge is -2.24. The van der Waals surface area contributed by atoms with Crippen molar-refractivity contribution >= 4 is 11.0 Å². The highest BCUT2D eigenvalue weighted by Gasteiger charge is 2.31. The predicted octanol–water partition coefficient (Wildman–Crippen LogP) is 1.43. The van der Waals surface area contributed by atoms with E-state index in [4.69, 9.17) is 9.72 Å². The number of imidazole rings is 1. The second kappa shape index (κ2) is 4.03. The Morgan fingerprint density at radius 1 is 1.39 bits per heavy atom. The summed E-state index contributed by atoms with van der Waals surface area (Å²) in [6.45, 7) is 2.54. The molecule has 0 aromatic carbocycles. The SMILES string of the molecule is c1cc2c(cn1)nc(C1CNCCO1)n2C1CC1. The van der Waals surface area contributed by atoms with E-state index < -0.39 is 0 Å². The van der Waals surface area contributed by atoms with Gasteiger partial charge in [-0.2, -0.15) is 0 Å². The van der Waals surface area contributed by atoms with Crippen LogP contribution in [0.2, 0.25) is 0 Å². The highest BCUT2D eigenvalue weighted by Crippen LogP contribution is 2.40. The normalized spacial score (nSPS) is 24.6. The van der Waals surface area contributed by atoms with E-state index in [1.807, 2.05) is 12.4 Å². The summed E-state index contributed by atoms with van der Waals surface area (Å²) >= 11 is 0. The molecule has 0 bridgehead atoms. The van der Waals surface area contributed by atoms with Crippen LogP contribution < -0.4 is 5.32 Å². The number of nitrogens with zero attached hydrogens (tertiary/aromatic N) is 3. The summed E-state index contributed by atoms with van der Waals surface area (Å²) in [6, 6.07) is 2.67. The van der Waals surface area contributed by atoms with E-state index in [-0.39, 0.29) is 6.10 Å². The number of hydrogen-bond donors (Lipinski definition) is 1. The van der Waals surface area contributed by atoms with Gasteiger partial charge in [0, 0.05) is 25.3 Å². The summed E-state index contributed by atoms with van der Waals surface area (Å²) in [5.74, 6) is 1.06. The molecule has 1 saturated heterocycles. The van der Waals surface area contributed by atoms with E-state index in [1.54, 1.807) is 0 Å². The lowest BCUT2D eigenvalue weighted by atomic mass is 10.3. The van der Waals surface area contributed by atoms with Gasteiger partial charge in [-0.15, -0.1) is 0 Å². The Balaban J connectivity index is 1.84. The third-order valence-electron chi connectivity index (χ3n) is 3.65. The molecule has 1 aliphatic heterocycles. The maximum absolute atomic E-state index is 5.85. The summed E-state index contributed by atoms with van der Waals surface area (Å²) in [5.41, 5.74) is 2.17. The molecular weight excluding hydrogens is 228 g/mol. The first-order valence-electron chi connectivity index (χ1n) is 6.57. The fraction of sp³-hybridized carbons (Fsp3) is 0.538. The van der Waals surface area contributed by atoms with Crippen LogP contribution >= 0.6 is 0 Å². The van der Waals surface area contributed by atoms with Crippen LogP contribution in [0.1, 0.15) is 30.8 Å². The van der Waals surface area contributed by atoms with Crippen molar-refractivity contribution in [2.24, 2.45) is 0 Å². The zero-order valence-electron chi connectivity index (χ0n) is 10.2. The van der Waals surface area contributed by atoms with Crippen LogP contribution in [0.15, 0.2) is 18.5 Å².